The molecule has 0 fully saturated rings. The van der Waals surface area contributed by atoms with Crippen LogP contribution in [-0.4, -0.2) is 16.1 Å². The van der Waals surface area contributed by atoms with Gasteiger partial charge in [-0.2, -0.15) is 18.2 Å². The Kier molecular flexibility index (Phi) is 5.23. The van der Waals surface area contributed by atoms with E-state index >= 15 is 0 Å². The number of alkyl halides is 3. The number of benzene rings is 2. The lowest BCUT2D eigenvalue weighted by Gasteiger charge is -2.24. The second-order valence-corrected chi connectivity index (χ2v) is 6.27. The van der Waals surface area contributed by atoms with Crippen molar-refractivity contribution < 1.29 is 17.9 Å². The smallest absolute Gasteiger partial charge is 0.429 e. The van der Waals surface area contributed by atoms with Gasteiger partial charge in [0, 0.05) is 11.6 Å². The maximum absolute atomic E-state index is 13.8. The van der Waals surface area contributed by atoms with Gasteiger partial charge in [-0.25, -0.2) is 4.98 Å². The minimum absolute atomic E-state index is 0.0380. The van der Waals surface area contributed by atoms with Gasteiger partial charge in [0.25, 0.3) is 0 Å². The molecule has 2 aromatic carbocycles. The molecule has 1 heterocycles. The van der Waals surface area contributed by atoms with Crippen molar-refractivity contribution in [3.8, 4) is 17.0 Å². The number of nitrogen functional groups attached to an aromatic ring is 1. The molecule has 8 heteroatoms. The van der Waals surface area contributed by atoms with E-state index < -0.39 is 12.3 Å². The molecule has 1 unspecified atom stereocenters. The molecule has 27 heavy (non-hydrogen) atoms. The maximum Gasteiger partial charge on any atom is 0.429 e. The molecule has 0 bridgehead atoms. The van der Waals surface area contributed by atoms with Crippen LogP contribution in [0.3, 0.4) is 0 Å². The molecule has 0 amide bonds. The normalized spacial score (nSPS) is 12.6. The minimum atomic E-state index is -4.69. The number of anilines is 1. The van der Waals surface area contributed by atoms with Crippen LogP contribution in [0, 0.1) is 6.92 Å². The summed E-state index contributed by atoms with van der Waals surface area (Å²) in [4.78, 5) is 7.31. The zero-order valence-corrected chi connectivity index (χ0v) is 14.9. The number of halogens is 4. The first-order valence-corrected chi connectivity index (χ1v) is 8.31. The van der Waals surface area contributed by atoms with Crippen LogP contribution in [-0.2, 0) is 0 Å². The van der Waals surface area contributed by atoms with Gasteiger partial charge in [0.15, 0.2) is 0 Å². The second kappa shape index (κ2) is 7.44. The van der Waals surface area contributed by atoms with Crippen molar-refractivity contribution in [2.24, 2.45) is 0 Å². The van der Waals surface area contributed by atoms with Crippen molar-refractivity contribution in [3.63, 3.8) is 0 Å². The SMILES string of the molecule is Cc1cccc(-c2ccccc2C(Oc2cc(Cl)nc(N)n2)C(F)(F)F)c1. The lowest BCUT2D eigenvalue weighted by atomic mass is 9.95. The molecule has 0 saturated heterocycles. The summed E-state index contributed by atoms with van der Waals surface area (Å²) in [6.07, 6.45) is -6.94. The molecule has 3 rings (SSSR count). The molecule has 0 spiro atoms. The van der Waals surface area contributed by atoms with Crippen LogP contribution in [0.1, 0.15) is 17.2 Å². The highest BCUT2D eigenvalue weighted by Gasteiger charge is 2.44. The Labute approximate surface area is 158 Å². The van der Waals surface area contributed by atoms with Gasteiger partial charge in [-0.1, -0.05) is 65.7 Å². The fourth-order valence-corrected chi connectivity index (χ4v) is 2.88. The fraction of sp³-hybridized carbons (Fsp3) is 0.158. The van der Waals surface area contributed by atoms with Crippen LogP contribution in [0.25, 0.3) is 11.1 Å². The molecular formula is C19H15ClF3N3O. The Bertz CT molecular complexity index is 943. The third kappa shape index (κ3) is 4.49. The Morgan fingerprint density at radius 2 is 1.78 bits per heavy atom. The van der Waals surface area contributed by atoms with E-state index in [0.29, 0.717) is 11.1 Å². The van der Waals surface area contributed by atoms with Gasteiger partial charge in [-0.3, -0.25) is 0 Å². The molecule has 0 aliphatic carbocycles. The van der Waals surface area contributed by atoms with Crippen molar-refractivity contribution in [1.29, 1.82) is 0 Å². The first-order chi connectivity index (χ1) is 12.7. The van der Waals surface area contributed by atoms with Crippen LogP contribution in [0.5, 0.6) is 5.88 Å². The lowest BCUT2D eigenvalue weighted by Crippen LogP contribution is -2.27. The molecule has 0 aliphatic heterocycles. The average molecular weight is 394 g/mol. The number of aromatic nitrogens is 2. The minimum Gasteiger partial charge on any atom is -0.460 e. The second-order valence-electron chi connectivity index (χ2n) is 5.88. The van der Waals surface area contributed by atoms with Crippen molar-refractivity contribution in [1.82, 2.24) is 9.97 Å². The Morgan fingerprint density at radius 1 is 1.04 bits per heavy atom. The highest BCUT2D eigenvalue weighted by atomic mass is 35.5. The zero-order chi connectivity index (χ0) is 19.6. The number of nitrogens with zero attached hydrogens (tertiary/aromatic N) is 2. The summed E-state index contributed by atoms with van der Waals surface area (Å²) in [5, 5.41) is -0.106. The van der Waals surface area contributed by atoms with Crippen molar-refractivity contribution in [3.05, 3.63) is 70.9 Å². The molecule has 0 aliphatic rings. The quantitative estimate of drug-likeness (QED) is 0.605. The summed E-state index contributed by atoms with van der Waals surface area (Å²) in [5.74, 6) is -0.626. The molecule has 0 radical (unpaired) electrons. The summed E-state index contributed by atoms with van der Waals surface area (Å²) in [6, 6.07) is 14.5. The number of rotatable bonds is 4. The molecule has 1 atom stereocenters. The molecule has 2 N–H and O–H groups in total. The Morgan fingerprint density at radius 3 is 2.44 bits per heavy atom. The first-order valence-electron chi connectivity index (χ1n) is 7.93. The van der Waals surface area contributed by atoms with Crippen molar-refractivity contribution in [2.75, 3.05) is 5.73 Å². The highest BCUT2D eigenvalue weighted by molar-refractivity contribution is 6.29. The van der Waals surface area contributed by atoms with Gasteiger partial charge in [-0.05, 0) is 18.1 Å². The van der Waals surface area contributed by atoms with E-state index in [-0.39, 0.29) is 22.5 Å². The molecule has 0 saturated carbocycles. The van der Waals surface area contributed by atoms with Gasteiger partial charge in [0.05, 0.1) is 0 Å². The summed E-state index contributed by atoms with van der Waals surface area (Å²) in [7, 11) is 0. The number of aryl methyl sites for hydroxylation is 1. The largest absolute Gasteiger partial charge is 0.460 e. The van der Waals surface area contributed by atoms with Gasteiger partial charge in [0.1, 0.15) is 5.15 Å². The van der Waals surface area contributed by atoms with Crippen molar-refractivity contribution in [2.45, 2.75) is 19.2 Å². The average Bonchev–Trinajstić information content (AvgIpc) is 2.58. The standard InChI is InChI=1S/C19H15ClF3N3O/c1-11-5-4-6-12(9-11)13-7-2-3-8-14(13)17(19(21,22)23)27-16-10-15(20)25-18(24)26-16/h2-10,17H,1H3,(H2,24,25,26). The maximum atomic E-state index is 13.8. The van der Waals surface area contributed by atoms with E-state index in [0.717, 1.165) is 11.6 Å². The van der Waals surface area contributed by atoms with E-state index in [1.54, 1.807) is 24.3 Å². The van der Waals surface area contributed by atoms with Crippen LogP contribution in [0.4, 0.5) is 19.1 Å². The van der Waals surface area contributed by atoms with Crippen molar-refractivity contribution >= 4 is 17.5 Å². The third-order valence-electron chi connectivity index (χ3n) is 3.80. The predicted octanol–water partition coefficient (Wildman–Crippen LogP) is 5.37. The Balaban J connectivity index is 2.09. The number of hydrogen-bond acceptors (Lipinski definition) is 4. The molecular weight excluding hydrogens is 379 g/mol. The van der Waals surface area contributed by atoms with E-state index in [4.69, 9.17) is 22.1 Å². The van der Waals surface area contributed by atoms with E-state index in [2.05, 4.69) is 9.97 Å². The zero-order valence-electron chi connectivity index (χ0n) is 14.2. The third-order valence-corrected chi connectivity index (χ3v) is 3.99. The van der Waals surface area contributed by atoms with E-state index in [1.165, 1.54) is 12.1 Å². The van der Waals surface area contributed by atoms with Gasteiger partial charge in [-0.15, -0.1) is 0 Å². The number of nitrogens with two attached hydrogens (primary N) is 1. The van der Waals surface area contributed by atoms with Crippen LogP contribution >= 0.6 is 11.6 Å². The van der Waals surface area contributed by atoms with E-state index in [9.17, 15) is 13.2 Å². The highest BCUT2D eigenvalue weighted by Crippen LogP contribution is 2.41. The van der Waals surface area contributed by atoms with Gasteiger partial charge < -0.3 is 10.5 Å². The van der Waals surface area contributed by atoms with Gasteiger partial charge >= 0.3 is 6.18 Å². The first kappa shape index (κ1) is 19.0. The summed E-state index contributed by atoms with van der Waals surface area (Å²) >= 11 is 5.75. The number of ether oxygens (including phenoxy) is 1. The molecule has 140 valence electrons. The summed E-state index contributed by atoms with van der Waals surface area (Å²) in [5.41, 5.74) is 7.42. The lowest BCUT2D eigenvalue weighted by molar-refractivity contribution is -0.198. The molecule has 3 aromatic rings. The van der Waals surface area contributed by atoms with Gasteiger partial charge in [0.2, 0.25) is 17.9 Å². The summed E-state index contributed by atoms with van der Waals surface area (Å²) < 4.78 is 46.7. The topological polar surface area (TPSA) is 61.0 Å². The molecule has 1 aromatic heterocycles. The van der Waals surface area contributed by atoms with Crippen LogP contribution in [0.15, 0.2) is 54.6 Å². The predicted molar refractivity (Wildman–Crippen MR) is 97.5 cm³/mol. The summed E-state index contributed by atoms with van der Waals surface area (Å²) in [6.45, 7) is 1.87. The number of hydrogen-bond donors (Lipinski definition) is 1. The Hall–Kier alpha value is -2.80. The van der Waals surface area contributed by atoms with Crippen LogP contribution in [0.2, 0.25) is 5.15 Å². The molecule has 4 nitrogen and oxygen atoms in total. The fourth-order valence-electron chi connectivity index (χ4n) is 2.70. The van der Waals surface area contributed by atoms with E-state index in [1.807, 2.05) is 19.1 Å². The van der Waals surface area contributed by atoms with Crippen LogP contribution < -0.4 is 10.5 Å². The monoisotopic (exact) mass is 393 g/mol.